The highest BCUT2D eigenvalue weighted by Gasteiger charge is 2.42. The Morgan fingerprint density at radius 1 is 1.10 bits per heavy atom. The predicted molar refractivity (Wildman–Crippen MR) is 121 cm³/mol. The SMILES string of the molecule is Cc1c(C)c2ccc(OC(C)C(=O)N3CCC4(CC3)CN(C)CCN4C)cc2oc1=O. The fourth-order valence-corrected chi connectivity index (χ4v) is 4.96. The molecule has 0 bridgehead atoms. The van der Waals surface area contributed by atoms with Crippen molar-refractivity contribution in [3.8, 4) is 5.75 Å². The van der Waals surface area contributed by atoms with Gasteiger partial charge in [0.05, 0.1) is 0 Å². The summed E-state index contributed by atoms with van der Waals surface area (Å²) in [4.78, 5) is 31.8. The second kappa shape index (κ2) is 8.28. The van der Waals surface area contributed by atoms with Gasteiger partial charge in [0.1, 0.15) is 11.3 Å². The smallest absolute Gasteiger partial charge is 0.339 e. The third kappa shape index (κ3) is 4.08. The van der Waals surface area contributed by atoms with Crippen LogP contribution in [0.3, 0.4) is 0 Å². The van der Waals surface area contributed by atoms with Crippen molar-refractivity contribution < 1.29 is 13.9 Å². The number of rotatable bonds is 3. The third-order valence-electron chi connectivity index (χ3n) is 7.29. The summed E-state index contributed by atoms with van der Waals surface area (Å²) in [6.07, 6.45) is 1.36. The standard InChI is InChI=1S/C24H33N3O4/c1-16-17(2)23(29)31-21-14-19(6-7-20(16)21)30-18(3)22(28)27-10-8-24(9-11-27)15-25(4)12-13-26(24)5/h6-7,14,18H,8-13,15H2,1-5H3. The van der Waals surface area contributed by atoms with Gasteiger partial charge in [0.2, 0.25) is 0 Å². The molecule has 4 rings (SSSR count). The van der Waals surface area contributed by atoms with E-state index < -0.39 is 6.10 Å². The van der Waals surface area contributed by atoms with Crippen LogP contribution in [0, 0.1) is 13.8 Å². The lowest BCUT2D eigenvalue weighted by Crippen LogP contribution is -2.64. The van der Waals surface area contributed by atoms with Crippen LogP contribution in [0.1, 0.15) is 30.9 Å². The van der Waals surface area contributed by atoms with E-state index in [-0.39, 0.29) is 17.1 Å². The Hall–Kier alpha value is -2.38. The number of piperidine rings is 1. The Kier molecular flexibility index (Phi) is 5.83. The van der Waals surface area contributed by atoms with Crippen molar-refractivity contribution in [3.63, 3.8) is 0 Å². The van der Waals surface area contributed by atoms with E-state index in [1.807, 2.05) is 24.0 Å². The van der Waals surface area contributed by atoms with Crippen molar-refractivity contribution in [1.82, 2.24) is 14.7 Å². The van der Waals surface area contributed by atoms with E-state index in [9.17, 15) is 9.59 Å². The molecule has 3 heterocycles. The minimum absolute atomic E-state index is 0.00306. The Morgan fingerprint density at radius 2 is 1.81 bits per heavy atom. The quantitative estimate of drug-likeness (QED) is 0.701. The van der Waals surface area contributed by atoms with Crippen LogP contribution in [-0.2, 0) is 4.79 Å². The third-order valence-corrected chi connectivity index (χ3v) is 7.29. The van der Waals surface area contributed by atoms with Crippen LogP contribution in [0.4, 0.5) is 0 Å². The zero-order valence-corrected chi connectivity index (χ0v) is 19.2. The number of carbonyl (C=O) groups excluding carboxylic acids is 1. The van der Waals surface area contributed by atoms with Gasteiger partial charge in [-0.1, -0.05) is 0 Å². The zero-order chi connectivity index (χ0) is 22.3. The summed E-state index contributed by atoms with van der Waals surface area (Å²) in [6.45, 7) is 10.2. The van der Waals surface area contributed by atoms with Gasteiger partial charge in [-0.15, -0.1) is 0 Å². The van der Waals surface area contributed by atoms with Crippen LogP contribution in [0.5, 0.6) is 5.75 Å². The summed E-state index contributed by atoms with van der Waals surface area (Å²) >= 11 is 0. The maximum absolute atomic E-state index is 13.0. The molecular weight excluding hydrogens is 394 g/mol. The van der Waals surface area contributed by atoms with E-state index >= 15 is 0 Å². The van der Waals surface area contributed by atoms with Gasteiger partial charge < -0.3 is 19.0 Å². The zero-order valence-electron chi connectivity index (χ0n) is 19.2. The summed E-state index contributed by atoms with van der Waals surface area (Å²) < 4.78 is 11.4. The van der Waals surface area contributed by atoms with E-state index in [0.29, 0.717) is 16.9 Å². The lowest BCUT2D eigenvalue weighted by molar-refractivity contribution is -0.141. The molecule has 0 N–H and O–H groups in total. The number of fused-ring (bicyclic) bond motifs is 1. The molecule has 2 aliphatic rings. The summed E-state index contributed by atoms with van der Waals surface area (Å²) in [5.74, 6) is 0.533. The number of amides is 1. The van der Waals surface area contributed by atoms with Crippen LogP contribution in [-0.4, -0.2) is 79.1 Å². The summed E-state index contributed by atoms with van der Waals surface area (Å²) in [6, 6.07) is 5.41. The Balaban J connectivity index is 1.42. The molecular formula is C24H33N3O4. The number of hydrogen-bond acceptors (Lipinski definition) is 6. The monoisotopic (exact) mass is 427 g/mol. The molecule has 1 aromatic carbocycles. The molecule has 1 spiro atoms. The molecule has 2 aliphatic heterocycles. The van der Waals surface area contributed by atoms with Crippen LogP contribution < -0.4 is 10.4 Å². The van der Waals surface area contributed by atoms with E-state index in [0.717, 1.165) is 56.5 Å². The molecule has 1 atom stereocenters. The molecule has 1 unspecified atom stereocenters. The number of hydrogen-bond donors (Lipinski definition) is 0. The molecule has 7 heteroatoms. The Morgan fingerprint density at radius 3 is 2.52 bits per heavy atom. The van der Waals surface area contributed by atoms with Crippen LogP contribution in [0.2, 0.25) is 0 Å². The highest BCUT2D eigenvalue weighted by Crippen LogP contribution is 2.32. The first-order chi connectivity index (χ1) is 14.7. The first-order valence-electron chi connectivity index (χ1n) is 11.1. The summed E-state index contributed by atoms with van der Waals surface area (Å²) in [5, 5.41) is 0.881. The van der Waals surface area contributed by atoms with E-state index in [4.69, 9.17) is 9.15 Å². The molecule has 0 aliphatic carbocycles. The molecule has 0 radical (unpaired) electrons. The van der Waals surface area contributed by atoms with Crippen LogP contribution >= 0.6 is 0 Å². The molecule has 31 heavy (non-hydrogen) atoms. The van der Waals surface area contributed by atoms with Gasteiger partial charge in [0.25, 0.3) is 5.91 Å². The van der Waals surface area contributed by atoms with Crippen molar-refractivity contribution in [2.45, 2.75) is 45.3 Å². The molecule has 2 fully saturated rings. The average Bonchev–Trinajstić information content (AvgIpc) is 2.75. The van der Waals surface area contributed by atoms with Crippen molar-refractivity contribution in [2.24, 2.45) is 0 Å². The fraction of sp³-hybridized carbons (Fsp3) is 0.583. The van der Waals surface area contributed by atoms with Gasteiger partial charge in [-0.25, -0.2) is 4.79 Å². The molecule has 1 amide bonds. The molecule has 2 saturated heterocycles. The minimum atomic E-state index is -0.600. The van der Waals surface area contributed by atoms with Gasteiger partial charge in [-0.05, 0) is 65.4 Å². The van der Waals surface area contributed by atoms with Crippen molar-refractivity contribution in [1.29, 1.82) is 0 Å². The van der Waals surface area contributed by atoms with Crippen LogP contribution in [0.15, 0.2) is 27.4 Å². The summed E-state index contributed by atoms with van der Waals surface area (Å²) in [7, 11) is 4.38. The Bertz CT molecular complexity index is 1040. The first kappa shape index (κ1) is 21.8. The molecule has 1 aromatic heterocycles. The van der Waals surface area contributed by atoms with E-state index in [1.165, 1.54) is 0 Å². The first-order valence-corrected chi connectivity index (χ1v) is 11.1. The number of piperazine rings is 1. The van der Waals surface area contributed by atoms with E-state index in [1.54, 1.807) is 19.9 Å². The topological polar surface area (TPSA) is 66.2 Å². The van der Waals surface area contributed by atoms with Crippen molar-refractivity contribution in [3.05, 3.63) is 39.7 Å². The van der Waals surface area contributed by atoms with Crippen LogP contribution in [0.25, 0.3) is 11.0 Å². The van der Waals surface area contributed by atoms with Gasteiger partial charge in [0, 0.05) is 55.3 Å². The van der Waals surface area contributed by atoms with Gasteiger partial charge in [0.15, 0.2) is 6.10 Å². The number of carbonyl (C=O) groups is 1. The minimum Gasteiger partial charge on any atom is -0.481 e. The van der Waals surface area contributed by atoms with E-state index in [2.05, 4.69) is 23.9 Å². The van der Waals surface area contributed by atoms with Crippen molar-refractivity contribution in [2.75, 3.05) is 46.8 Å². The highest BCUT2D eigenvalue weighted by molar-refractivity contribution is 5.83. The number of ether oxygens (including phenoxy) is 1. The lowest BCUT2D eigenvalue weighted by Gasteiger charge is -2.52. The molecule has 2 aromatic rings. The van der Waals surface area contributed by atoms with Crippen molar-refractivity contribution >= 4 is 16.9 Å². The number of aryl methyl sites for hydroxylation is 1. The van der Waals surface area contributed by atoms with Gasteiger partial charge >= 0.3 is 5.63 Å². The number of benzene rings is 1. The maximum Gasteiger partial charge on any atom is 0.339 e. The molecule has 168 valence electrons. The second-order valence-electron chi connectivity index (χ2n) is 9.27. The van der Waals surface area contributed by atoms with Gasteiger partial charge in [-0.2, -0.15) is 0 Å². The second-order valence-corrected chi connectivity index (χ2v) is 9.27. The molecule has 7 nitrogen and oxygen atoms in total. The Labute approximate surface area is 183 Å². The average molecular weight is 428 g/mol. The summed E-state index contributed by atoms with van der Waals surface area (Å²) in [5.41, 5.74) is 1.83. The number of likely N-dealkylation sites (tertiary alicyclic amines) is 1. The fourth-order valence-electron chi connectivity index (χ4n) is 4.96. The molecule has 0 saturated carbocycles. The number of nitrogens with zero attached hydrogens (tertiary/aromatic N) is 3. The highest BCUT2D eigenvalue weighted by atomic mass is 16.5. The normalized spacial score (nSPS) is 20.9. The largest absolute Gasteiger partial charge is 0.481 e. The predicted octanol–water partition coefficient (Wildman–Crippen LogP) is 2.42. The lowest BCUT2D eigenvalue weighted by atomic mass is 9.83. The number of likely N-dealkylation sites (N-methyl/N-ethyl adjacent to an activating group) is 2. The maximum atomic E-state index is 13.0. The van der Waals surface area contributed by atoms with Gasteiger partial charge in [-0.3, -0.25) is 9.69 Å².